The first kappa shape index (κ1) is 19.8. The number of amides is 1. The average molecular weight is 370 g/mol. The van der Waals surface area contributed by atoms with Crippen LogP contribution < -0.4 is 15.2 Å². The Bertz CT molecular complexity index is 595. The van der Waals surface area contributed by atoms with Crippen LogP contribution in [-0.4, -0.2) is 52.7 Å². The van der Waals surface area contributed by atoms with Crippen LogP contribution in [0.2, 0.25) is 0 Å². The Labute approximate surface area is 152 Å². The smallest absolute Gasteiger partial charge is 0.291 e. The van der Waals surface area contributed by atoms with E-state index in [-0.39, 0.29) is 19.3 Å². The van der Waals surface area contributed by atoms with Crippen molar-refractivity contribution in [2.24, 2.45) is 11.7 Å². The zero-order chi connectivity index (χ0) is 18.4. The summed E-state index contributed by atoms with van der Waals surface area (Å²) in [7, 11) is 0. The highest BCUT2D eigenvalue weighted by atomic mass is 32.2. The molecule has 0 saturated carbocycles. The van der Waals surface area contributed by atoms with Gasteiger partial charge >= 0.3 is 0 Å². The summed E-state index contributed by atoms with van der Waals surface area (Å²) in [6.07, 6.45) is 0.710. The molecule has 0 spiro atoms. The quantitative estimate of drug-likeness (QED) is 0.598. The fourth-order valence-corrected chi connectivity index (χ4v) is 3.95. The Morgan fingerprint density at radius 2 is 1.88 bits per heavy atom. The molecule has 0 aromatic heterocycles. The van der Waals surface area contributed by atoms with E-state index in [0.717, 1.165) is 23.1 Å². The summed E-state index contributed by atoms with van der Waals surface area (Å²) in [6.45, 7) is 5.01. The van der Waals surface area contributed by atoms with Crippen LogP contribution in [0.3, 0.4) is 0 Å². The van der Waals surface area contributed by atoms with E-state index >= 15 is 0 Å². The van der Waals surface area contributed by atoms with Crippen molar-refractivity contribution in [2.45, 2.75) is 26.3 Å². The van der Waals surface area contributed by atoms with E-state index in [0.29, 0.717) is 37.7 Å². The largest absolute Gasteiger partial charge is 0.490 e. The summed E-state index contributed by atoms with van der Waals surface area (Å²) in [5.74, 6) is 0.870. The molecule has 0 aliphatic carbocycles. The Balaban J connectivity index is 2.49. The average Bonchev–Trinajstić information content (AvgIpc) is 2.58. The molecule has 1 atom stereocenters. The van der Waals surface area contributed by atoms with Gasteiger partial charge in [0.05, 0.1) is 19.3 Å². The SMILES string of the molecule is CCOc1cc2c(cc1OCC)C(C(CO)CO)N(SC(N)=O)CC2. The maximum Gasteiger partial charge on any atom is 0.291 e. The lowest BCUT2D eigenvalue weighted by Gasteiger charge is -2.39. The maximum atomic E-state index is 11.4. The molecule has 25 heavy (non-hydrogen) atoms. The molecule has 1 heterocycles. The maximum absolute atomic E-state index is 11.4. The predicted molar refractivity (Wildman–Crippen MR) is 96.8 cm³/mol. The van der Waals surface area contributed by atoms with E-state index in [1.807, 2.05) is 30.3 Å². The molecule has 1 unspecified atom stereocenters. The number of aliphatic hydroxyl groups is 2. The van der Waals surface area contributed by atoms with Gasteiger partial charge in [0.15, 0.2) is 11.5 Å². The summed E-state index contributed by atoms with van der Waals surface area (Å²) in [5.41, 5.74) is 7.32. The topological polar surface area (TPSA) is 105 Å². The molecule has 2 rings (SSSR count). The van der Waals surface area contributed by atoms with E-state index in [1.54, 1.807) is 0 Å². The molecule has 1 aliphatic rings. The van der Waals surface area contributed by atoms with Crippen LogP contribution in [0.5, 0.6) is 11.5 Å². The van der Waals surface area contributed by atoms with Crippen LogP contribution in [0.15, 0.2) is 12.1 Å². The van der Waals surface area contributed by atoms with E-state index < -0.39 is 11.2 Å². The first-order valence-corrected chi connectivity index (χ1v) is 9.21. The van der Waals surface area contributed by atoms with Gasteiger partial charge in [-0.1, -0.05) is 0 Å². The first-order valence-electron chi connectivity index (χ1n) is 8.43. The van der Waals surface area contributed by atoms with Gasteiger partial charge in [-0.05, 0) is 43.5 Å². The number of hydrogen-bond acceptors (Lipinski definition) is 7. The number of rotatable bonds is 8. The highest BCUT2D eigenvalue weighted by Crippen LogP contribution is 2.43. The third kappa shape index (κ3) is 4.58. The molecule has 4 N–H and O–H groups in total. The van der Waals surface area contributed by atoms with Crippen molar-refractivity contribution in [1.82, 2.24) is 4.31 Å². The fourth-order valence-electron chi connectivity index (χ4n) is 3.14. The normalized spacial score (nSPS) is 17.4. The molecule has 0 fully saturated rings. The molecule has 1 aliphatic heterocycles. The zero-order valence-electron chi connectivity index (χ0n) is 14.6. The second-order valence-electron chi connectivity index (χ2n) is 5.73. The summed E-state index contributed by atoms with van der Waals surface area (Å²) in [6, 6.07) is 3.50. The van der Waals surface area contributed by atoms with Crippen molar-refractivity contribution in [3.8, 4) is 11.5 Å². The van der Waals surface area contributed by atoms with E-state index in [1.165, 1.54) is 0 Å². The number of fused-ring (bicyclic) bond motifs is 1. The van der Waals surface area contributed by atoms with Gasteiger partial charge < -0.3 is 25.4 Å². The number of carbonyl (C=O) groups is 1. The first-order chi connectivity index (χ1) is 12.0. The predicted octanol–water partition coefficient (Wildman–Crippen LogP) is 1.71. The number of benzene rings is 1. The Kier molecular flexibility index (Phi) is 7.37. The van der Waals surface area contributed by atoms with E-state index in [4.69, 9.17) is 15.2 Å². The summed E-state index contributed by atoms with van der Waals surface area (Å²) in [5, 5.41) is 18.9. The van der Waals surface area contributed by atoms with Gasteiger partial charge in [-0.2, -0.15) is 0 Å². The van der Waals surface area contributed by atoms with Gasteiger partial charge in [-0.15, -0.1) is 0 Å². The molecule has 8 heteroatoms. The van der Waals surface area contributed by atoms with Crippen molar-refractivity contribution in [3.63, 3.8) is 0 Å². The molecule has 140 valence electrons. The molecule has 7 nitrogen and oxygen atoms in total. The minimum Gasteiger partial charge on any atom is -0.490 e. The van der Waals surface area contributed by atoms with Crippen molar-refractivity contribution in [1.29, 1.82) is 0 Å². The second-order valence-corrected chi connectivity index (χ2v) is 6.79. The van der Waals surface area contributed by atoms with E-state index in [2.05, 4.69) is 0 Å². The molecular weight excluding hydrogens is 344 g/mol. The van der Waals surface area contributed by atoms with Gasteiger partial charge in [0.25, 0.3) is 5.24 Å². The van der Waals surface area contributed by atoms with Crippen LogP contribution in [0.4, 0.5) is 4.79 Å². The number of nitrogens with zero attached hydrogens (tertiary/aromatic N) is 1. The number of nitrogens with two attached hydrogens (primary N) is 1. The molecule has 0 bridgehead atoms. The van der Waals surface area contributed by atoms with Crippen LogP contribution in [0, 0.1) is 5.92 Å². The second kappa shape index (κ2) is 9.28. The van der Waals surface area contributed by atoms with Gasteiger partial charge in [0.2, 0.25) is 0 Å². The van der Waals surface area contributed by atoms with Gasteiger partial charge in [0, 0.05) is 37.6 Å². The third-order valence-corrected chi connectivity index (χ3v) is 4.98. The van der Waals surface area contributed by atoms with Crippen molar-refractivity contribution < 1.29 is 24.5 Å². The third-order valence-electron chi connectivity index (χ3n) is 4.16. The summed E-state index contributed by atoms with van der Waals surface area (Å²) in [4.78, 5) is 11.4. The van der Waals surface area contributed by atoms with Crippen LogP contribution in [-0.2, 0) is 6.42 Å². The summed E-state index contributed by atoms with van der Waals surface area (Å²) < 4.78 is 13.2. The molecule has 1 aromatic carbocycles. The minimum atomic E-state index is -0.515. The number of primary amides is 1. The number of aliphatic hydroxyl groups excluding tert-OH is 2. The standard InChI is InChI=1S/C17H26N2O5S/c1-3-23-14-7-11-5-6-19(25-17(18)22)16(12(9-20)10-21)13(11)8-15(14)24-4-2/h7-8,12,16,20-21H,3-6,9-10H2,1-2H3,(H2,18,22). The zero-order valence-corrected chi connectivity index (χ0v) is 15.4. The molecule has 1 amide bonds. The number of ether oxygens (including phenoxy) is 2. The monoisotopic (exact) mass is 370 g/mol. The highest BCUT2D eigenvalue weighted by Gasteiger charge is 2.35. The van der Waals surface area contributed by atoms with Crippen LogP contribution >= 0.6 is 11.9 Å². The highest BCUT2D eigenvalue weighted by molar-refractivity contribution is 8.11. The molecule has 0 saturated heterocycles. The Morgan fingerprint density at radius 1 is 1.28 bits per heavy atom. The molecular formula is C17H26N2O5S. The van der Waals surface area contributed by atoms with Gasteiger partial charge in [-0.3, -0.25) is 4.79 Å². The fraction of sp³-hybridized carbons (Fsp3) is 0.588. The van der Waals surface area contributed by atoms with Crippen molar-refractivity contribution in [2.75, 3.05) is 33.0 Å². The molecule has 1 aromatic rings. The Morgan fingerprint density at radius 3 is 2.40 bits per heavy atom. The lowest BCUT2D eigenvalue weighted by molar-refractivity contribution is 0.0916. The molecule has 0 radical (unpaired) electrons. The van der Waals surface area contributed by atoms with E-state index in [9.17, 15) is 15.0 Å². The van der Waals surface area contributed by atoms with Gasteiger partial charge in [0.1, 0.15) is 0 Å². The van der Waals surface area contributed by atoms with Crippen LogP contribution in [0.25, 0.3) is 0 Å². The Hall–Kier alpha value is -1.48. The minimum absolute atomic E-state index is 0.201. The summed E-state index contributed by atoms with van der Waals surface area (Å²) >= 11 is 0.918. The van der Waals surface area contributed by atoms with Crippen molar-refractivity contribution in [3.05, 3.63) is 23.3 Å². The number of carbonyl (C=O) groups excluding carboxylic acids is 1. The number of hydrogen-bond donors (Lipinski definition) is 3. The lowest BCUT2D eigenvalue weighted by Crippen LogP contribution is -2.39. The van der Waals surface area contributed by atoms with Gasteiger partial charge in [-0.25, -0.2) is 4.31 Å². The van der Waals surface area contributed by atoms with Crippen molar-refractivity contribution >= 4 is 17.2 Å². The lowest BCUT2D eigenvalue weighted by atomic mass is 9.86. The van der Waals surface area contributed by atoms with Crippen LogP contribution in [0.1, 0.15) is 31.0 Å².